The van der Waals surface area contributed by atoms with Gasteiger partial charge in [0.25, 0.3) is 0 Å². The summed E-state index contributed by atoms with van der Waals surface area (Å²) in [4.78, 5) is 10.2. The molecule has 0 spiro atoms. The van der Waals surface area contributed by atoms with Crippen LogP contribution in [0.2, 0.25) is 0 Å². The second-order valence-corrected chi connectivity index (χ2v) is 11.1. The normalized spacial score (nSPS) is 11.6. The Morgan fingerprint density at radius 2 is 1.14 bits per heavy atom. The Balaban J connectivity index is 1.29. The van der Waals surface area contributed by atoms with Crippen LogP contribution < -0.4 is 0 Å². The van der Waals surface area contributed by atoms with E-state index in [1.165, 1.54) is 32.7 Å². The maximum Gasteiger partial charge on any atom is 0.160 e. The third-order valence-corrected chi connectivity index (χ3v) is 8.55. The van der Waals surface area contributed by atoms with Gasteiger partial charge in [-0.25, -0.2) is 9.97 Å². The molecule has 0 aliphatic carbocycles. The lowest BCUT2D eigenvalue weighted by Gasteiger charge is -2.12. The lowest BCUT2D eigenvalue weighted by molar-refractivity contribution is 1.13. The standard InChI is InChI=1S/C40H26N4/c1-3-12-27(13-4-1)38-33-19-7-9-20-35(33)41-40(42-38)28-14-11-17-30(26-28)44-37-21-10-8-18-31(37)32-22-23-36-34(39(32)44)24-25-43(36)29-15-5-2-6-16-29/h1-26H. The number of para-hydroxylation sites is 3. The van der Waals surface area contributed by atoms with Crippen molar-refractivity contribution in [3.8, 4) is 34.0 Å². The van der Waals surface area contributed by atoms with E-state index in [2.05, 4.69) is 149 Å². The Kier molecular flexibility index (Phi) is 5.47. The van der Waals surface area contributed by atoms with Crippen molar-refractivity contribution in [2.24, 2.45) is 0 Å². The third-order valence-electron chi connectivity index (χ3n) is 8.55. The van der Waals surface area contributed by atoms with Crippen LogP contribution in [-0.2, 0) is 0 Å². The fourth-order valence-corrected chi connectivity index (χ4v) is 6.56. The minimum absolute atomic E-state index is 0.713. The van der Waals surface area contributed by atoms with Crippen molar-refractivity contribution in [1.29, 1.82) is 0 Å². The van der Waals surface area contributed by atoms with Gasteiger partial charge in [0.2, 0.25) is 0 Å². The van der Waals surface area contributed by atoms with Crippen LogP contribution in [0.1, 0.15) is 0 Å². The largest absolute Gasteiger partial charge is 0.316 e. The van der Waals surface area contributed by atoms with Gasteiger partial charge in [-0.2, -0.15) is 0 Å². The van der Waals surface area contributed by atoms with Crippen LogP contribution >= 0.6 is 0 Å². The van der Waals surface area contributed by atoms with Crippen LogP contribution in [0.3, 0.4) is 0 Å². The Morgan fingerprint density at radius 1 is 0.432 bits per heavy atom. The van der Waals surface area contributed by atoms with E-state index in [1.54, 1.807) is 0 Å². The van der Waals surface area contributed by atoms with Crippen molar-refractivity contribution in [1.82, 2.24) is 19.1 Å². The van der Waals surface area contributed by atoms with E-state index in [1.807, 2.05) is 18.2 Å². The summed E-state index contributed by atoms with van der Waals surface area (Å²) in [5, 5.41) is 4.72. The predicted octanol–water partition coefficient (Wildman–Crippen LogP) is 10.0. The lowest BCUT2D eigenvalue weighted by Crippen LogP contribution is -1.98. The first kappa shape index (κ1) is 24.6. The van der Waals surface area contributed by atoms with Crippen molar-refractivity contribution < 1.29 is 0 Å². The molecule has 206 valence electrons. The molecule has 0 aliphatic rings. The molecule has 4 heteroatoms. The molecule has 4 nitrogen and oxygen atoms in total. The molecular formula is C40H26N4. The molecule has 0 N–H and O–H groups in total. The van der Waals surface area contributed by atoms with E-state index >= 15 is 0 Å². The number of fused-ring (bicyclic) bond motifs is 6. The van der Waals surface area contributed by atoms with Gasteiger partial charge in [-0.1, -0.05) is 103 Å². The van der Waals surface area contributed by atoms with Crippen LogP contribution in [0.15, 0.2) is 158 Å². The smallest absolute Gasteiger partial charge is 0.160 e. The SMILES string of the molecule is c1ccc(-c2nc(-c3cccc(-n4c5ccccc5c5ccc6c(ccn6-c6ccccc6)c54)c3)nc3ccccc23)cc1. The van der Waals surface area contributed by atoms with E-state index in [4.69, 9.17) is 9.97 Å². The minimum atomic E-state index is 0.713. The highest BCUT2D eigenvalue weighted by molar-refractivity contribution is 6.18. The molecule has 0 saturated heterocycles. The first-order valence-electron chi connectivity index (χ1n) is 14.9. The summed E-state index contributed by atoms with van der Waals surface area (Å²) in [6.45, 7) is 0. The Morgan fingerprint density at radius 3 is 2.00 bits per heavy atom. The van der Waals surface area contributed by atoms with Crippen molar-refractivity contribution in [2.75, 3.05) is 0 Å². The zero-order valence-electron chi connectivity index (χ0n) is 23.8. The molecule has 9 rings (SSSR count). The molecule has 3 heterocycles. The van der Waals surface area contributed by atoms with E-state index in [9.17, 15) is 0 Å². The Bertz CT molecular complexity index is 2490. The van der Waals surface area contributed by atoms with E-state index in [0.29, 0.717) is 5.82 Å². The summed E-state index contributed by atoms with van der Waals surface area (Å²) < 4.78 is 4.66. The summed E-state index contributed by atoms with van der Waals surface area (Å²) in [5.74, 6) is 0.713. The average Bonchev–Trinajstić information content (AvgIpc) is 3.68. The number of hydrogen-bond acceptors (Lipinski definition) is 2. The predicted molar refractivity (Wildman–Crippen MR) is 182 cm³/mol. The second kappa shape index (κ2) is 9.79. The van der Waals surface area contributed by atoms with Gasteiger partial charge in [-0.05, 0) is 48.5 Å². The van der Waals surface area contributed by atoms with E-state index in [-0.39, 0.29) is 0 Å². The highest BCUT2D eigenvalue weighted by Gasteiger charge is 2.18. The highest BCUT2D eigenvalue weighted by Crippen LogP contribution is 2.38. The number of aromatic nitrogens is 4. The second-order valence-electron chi connectivity index (χ2n) is 11.1. The molecule has 0 fully saturated rings. The maximum atomic E-state index is 5.15. The number of hydrogen-bond donors (Lipinski definition) is 0. The van der Waals surface area contributed by atoms with Crippen molar-refractivity contribution in [3.63, 3.8) is 0 Å². The third kappa shape index (κ3) is 3.78. The molecule has 0 unspecified atom stereocenters. The van der Waals surface area contributed by atoms with Crippen molar-refractivity contribution >= 4 is 43.6 Å². The van der Waals surface area contributed by atoms with Gasteiger partial charge < -0.3 is 9.13 Å². The van der Waals surface area contributed by atoms with Gasteiger partial charge in [-0.3, -0.25) is 0 Å². The fourth-order valence-electron chi connectivity index (χ4n) is 6.56. The van der Waals surface area contributed by atoms with E-state index in [0.717, 1.165) is 39.1 Å². The molecule has 9 aromatic rings. The lowest BCUT2D eigenvalue weighted by atomic mass is 10.1. The molecule has 0 atom stereocenters. The summed E-state index contributed by atoms with van der Waals surface area (Å²) in [6, 6.07) is 53.2. The quantitative estimate of drug-likeness (QED) is 0.214. The number of rotatable bonds is 4. The first-order chi connectivity index (χ1) is 21.8. The Labute approximate surface area is 254 Å². The summed E-state index contributed by atoms with van der Waals surface area (Å²) in [5.41, 5.74) is 9.70. The van der Waals surface area contributed by atoms with Gasteiger partial charge in [0.15, 0.2) is 5.82 Å². The van der Waals surface area contributed by atoms with Gasteiger partial charge in [0.05, 0.1) is 27.8 Å². The van der Waals surface area contributed by atoms with Gasteiger partial charge >= 0.3 is 0 Å². The van der Waals surface area contributed by atoms with Crippen LogP contribution in [0, 0.1) is 0 Å². The minimum Gasteiger partial charge on any atom is -0.316 e. The number of nitrogens with zero attached hydrogens (tertiary/aromatic N) is 4. The molecule has 0 bridgehead atoms. The highest BCUT2D eigenvalue weighted by atomic mass is 15.0. The molecule has 6 aromatic carbocycles. The van der Waals surface area contributed by atoms with E-state index < -0.39 is 0 Å². The van der Waals surface area contributed by atoms with Crippen molar-refractivity contribution in [3.05, 3.63) is 158 Å². The maximum absolute atomic E-state index is 5.15. The van der Waals surface area contributed by atoms with Crippen molar-refractivity contribution in [2.45, 2.75) is 0 Å². The number of benzene rings is 6. The van der Waals surface area contributed by atoms with Gasteiger partial charge in [0.1, 0.15) is 0 Å². The fraction of sp³-hybridized carbons (Fsp3) is 0. The summed E-state index contributed by atoms with van der Waals surface area (Å²) in [6.07, 6.45) is 2.17. The van der Waals surface area contributed by atoms with Crippen LogP contribution in [0.5, 0.6) is 0 Å². The molecule has 0 radical (unpaired) electrons. The van der Waals surface area contributed by atoms with Crippen LogP contribution in [-0.4, -0.2) is 19.1 Å². The first-order valence-corrected chi connectivity index (χ1v) is 14.9. The molecule has 44 heavy (non-hydrogen) atoms. The average molecular weight is 563 g/mol. The molecule has 3 aromatic heterocycles. The van der Waals surface area contributed by atoms with Crippen LogP contribution in [0.25, 0.3) is 77.6 Å². The topological polar surface area (TPSA) is 35.6 Å². The molecule has 0 aliphatic heterocycles. The summed E-state index contributed by atoms with van der Waals surface area (Å²) >= 11 is 0. The molecule has 0 saturated carbocycles. The molecular weight excluding hydrogens is 536 g/mol. The zero-order valence-corrected chi connectivity index (χ0v) is 23.8. The monoisotopic (exact) mass is 562 g/mol. The molecule has 0 amide bonds. The van der Waals surface area contributed by atoms with Gasteiger partial charge in [0, 0.05) is 50.2 Å². The zero-order chi connectivity index (χ0) is 29.0. The summed E-state index contributed by atoms with van der Waals surface area (Å²) in [7, 11) is 0. The van der Waals surface area contributed by atoms with Gasteiger partial charge in [-0.15, -0.1) is 0 Å². The Hall–Kier alpha value is -6.00. The van der Waals surface area contributed by atoms with Crippen LogP contribution in [0.4, 0.5) is 0 Å².